The summed E-state index contributed by atoms with van der Waals surface area (Å²) in [6, 6.07) is 7.02. The molecule has 2 rings (SSSR count). The lowest BCUT2D eigenvalue weighted by atomic mass is 10.2. The summed E-state index contributed by atoms with van der Waals surface area (Å²) in [6.07, 6.45) is 0. The normalized spacial score (nSPS) is 9.93. The Kier molecular flexibility index (Phi) is 7.39. The van der Waals surface area contributed by atoms with E-state index < -0.39 is 0 Å². The van der Waals surface area contributed by atoms with Gasteiger partial charge < -0.3 is 39.1 Å². The predicted octanol–water partition coefficient (Wildman–Crippen LogP) is 3.55. The molecular weight excluding hydrogens is 384 g/mol. The SMILES string of the molecule is COc1cc(NC(=S)Nc2cc(OC)c(OC)c(OC)c2)cc(OC)c1OC. The highest BCUT2D eigenvalue weighted by Gasteiger charge is 2.16. The van der Waals surface area contributed by atoms with Gasteiger partial charge in [-0.2, -0.15) is 0 Å². The van der Waals surface area contributed by atoms with E-state index in [0.29, 0.717) is 51.0 Å². The number of thiocarbonyl (C=S) groups is 1. The Bertz CT molecular complexity index is 726. The van der Waals surface area contributed by atoms with E-state index in [0.717, 1.165) is 0 Å². The quantitative estimate of drug-likeness (QED) is 0.638. The second kappa shape index (κ2) is 9.75. The van der Waals surface area contributed by atoms with Crippen LogP contribution >= 0.6 is 12.2 Å². The Balaban J connectivity index is 2.25. The topological polar surface area (TPSA) is 79.4 Å². The van der Waals surface area contributed by atoms with Crippen molar-refractivity contribution >= 4 is 28.7 Å². The van der Waals surface area contributed by atoms with Gasteiger partial charge in [0, 0.05) is 35.6 Å². The van der Waals surface area contributed by atoms with Gasteiger partial charge in [0.2, 0.25) is 11.5 Å². The summed E-state index contributed by atoms with van der Waals surface area (Å²) in [7, 11) is 9.29. The molecule has 0 radical (unpaired) electrons. The Labute approximate surface area is 169 Å². The summed E-state index contributed by atoms with van der Waals surface area (Å²) in [5, 5.41) is 6.52. The summed E-state index contributed by atoms with van der Waals surface area (Å²) in [4.78, 5) is 0. The summed E-state index contributed by atoms with van der Waals surface area (Å²) in [5.74, 6) is 3.05. The van der Waals surface area contributed by atoms with Crippen molar-refractivity contribution in [2.75, 3.05) is 53.3 Å². The molecule has 0 saturated heterocycles. The molecule has 0 amide bonds. The van der Waals surface area contributed by atoms with Gasteiger partial charge in [-0.25, -0.2) is 0 Å². The number of rotatable bonds is 8. The van der Waals surface area contributed by atoms with Crippen molar-refractivity contribution in [3.05, 3.63) is 24.3 Å². The Morgan fingerprint density at radius 3 is 1.07 bits per heavy atom. The van der Waals surface area contributed by atoms with Crippen molar-refractivity contribution in [3.63, 3.8) is 0 Å². The zero-order valence-corrected chi connectivity index (χ0v) is 17.5. The van der Waals surface area contributed by atoms with Gasteiger partial charge in [-0.3, -0.25) is 0 Å². The highest BCUT2D eigenvalue weighted by molar-refractivity contribution is 7.80. The average Bonchev–Trinajstić information content (AvgIpc) is 2.71. The Hall–Kier alpha value is -3.07. The first-order valence-electron chi connectivity index (χ1n) is 8.19. The zero-order valence-electron chi connectivity index (χ0n) is 16.7. The van der Waals surface area contributed by atoms with E-state index in [9.17, 15) is 0 Å². The molecule has 0 unspecified atom stereocenters. The van der Waals surface area contributed by atoms with Crippen LogP contribution in [0.1, 0.15) is 0 Å². The van der Waals surface area contributed by atoms with Gasteiger partial charge in [-0.05, 0) is 12.2 Å². The van der Waals surface area contributed by atoms with Crippen molar-refractivity contribution in [3.8, 4) is 34.5 Å². The van der Waals surface area contributed by atoms with Crippen LogP contribution in [0.5, 0.6) is 34.5 Å². The van der Waals surface area contributed by atoms with Crippen LogP contribution in [0.25, 0.3) is 0 Å². The smallest absolute Gasteiger partial charge is 0.203 e. The Morgan fingerprint density at radius 1 is 0.571 bits per heavy atom. The van der Waals surface area contributed by atoms with E-state index in [1.165, 1.54) is 0 Å². The van der Waals surface area contributed by atoms with Gasteiger partial charge >= 0.3 is 0 Å². The molecule has 0 heterocycles. The fourth-order valence-corrected chi connectivity index (χ4v) is 2.84. The van der Waals surface area contributed by atoms with Crippen LogP contribution in [-0.4, -0.2) is 47.8 Å². The van der Waals surface area contributed by atoms with Crippen LogP contribution in [0.15, 0.2) is 24.3 Å². The number of hydrogen-bond acceptors (Lipinski definition) is 7. The van der Waals surface area contributed by atoms with Crippen LogP contribution in [0.4, 0.5) is 11.4 Å². The van der Waals surface area contributed by atoms with Gasteiger partial charge in [0.25, 0.3) is 0 Å². The summed E-state index contributed by atoms with van der Waals surface area (Å²) >= 11 is 5.41. The molecule has 0 bridgehead atoms. The summed E-state index contributed by atoms with van der Waals surface area (Å²) in [6.45, 7) is 0. The number of ether oxygens (including phenoxy) is 6. The molecule has 2 aromatic carbocycles. The van der Waals surface area contributed by atoms with Crippen LogP contribution in [0.3, 0.4) is 0 Å². The molecule has 0 saturated carbocycles. The minimum atomic E-state index is 0.351. The predicted molar refractivity (Wildman–Crippen MR) is 112 cm³/mol. The van der Waals surface area contributed by atoms with Gasteiger partial charge in [0.1, 0.15) is 0 Å². The minimum absolute atomic E-state index is 0.351. The highest BCUT2D eigenvalue weighted by Crippen LogP contribution is 2.41. The van der Waals surface area contributed by atoms with E-state index >= 15 is 0 Å². The van der Waals surface area contributed by atoms with Crippen molar-refractivity contribution in [1.82, 2.24) is 0 Å². The zero-order chi connectivity index (χ0) is 20.7. The van der Waals surface area contributed by atoms with Gasteiger partial charge in [0.15, 0.2) is 28.1 Å². The molecule has 0 atom stereocenters. The molecule has 0 fully saturated rings. The minimum Gasteiger partial charge on any atom is -0.493 e. The lowest BCUT2D eigenvalue weighted by Gasteiger charge is -2.17. The van der Waals surface area contributed by atoms with Gasteiger partial charge in [0.05, 0.1) is 42.7 Å². The largest absolute Gasteiger partial charge is 0.493 e. The lowest BCUT2D eigenvalue weighted by molar-refractivity contribution is 0.324. The number of nitrogens with one attached hydrogen (secondary N) is 2. The summed E-state index contributed by atoms with van der Waals surface area (Å²) < 4.78 is 32.0. The van der Waals surface area contributed by atoms with E-state index in [2.05, 4.69) is 10.6 Å². The van der Waals surface area contributed by atoms with Crippen molar-refractivity contribution in [2.45, 2.75) is 0 Å². The number of methoxy groups -OCH3 is 6. The molecule has 2 aromatic rings. The summed E-state index contributed by atoms with van der Waals surface area (Å²) in [5.41, 5.74) is 1.33. The maximum atomic E-state index is 5.41. The van der Waals surface area contributed by atoms with Crippen LogP contribution in [0, 0.1) is 0 Å². The van der Waals surface area contributed by atoms with E-state index in [4.69, 9.17) is 40.6 Å². The van der Waals surface area contributed by atoms with E-state index in [-0.39, 0.29) is 0 Å². The second-order valence-corrected chi connectivity index (χ2v) is 5.82. The number of anilines is 2. The lowest BCUT2D eigenvalue weighted by Crippen LogP contribution is -2.19. The van der Waals surface area contributed by atoms with Crippen molar-refractivity contribution in [2.24, 2.45) is 0 Å². The molecule has 0 spiro atoms. The third kappa shape index (κ3) is 4.61. The van der Waals surface area contributed by atoms with Crippen LogP contribution < -0.4 is 39.1 Å². The van der Waals surface area contributed by atoms with Crippen LogP contribution in [-0.2, 0) is 0 Å². The molecule has 2 N–H and O–H groups in total. The monoisotopic (exact) mass is 408 g/mol. The van der Waals surface area contributed by atoms with E-state index in [1.807, 2.05) is 0 Å². The standard InChI is InChI=1S/C19H24N2O6S/c1-22-13-7-11(8-14(23-2)17(13)26-5)20-19(28)21-12-9-15(24-3)18(27-6)16(10-12)25-4/h7-10H,1-6H3,(H2,20,21,28). The third-order valence-corrected chi connectivity index (χ3v) is 4.05. The molecule has 0 aliphatic carbocycles. The van der Waals surface area contributed by atoms with Crippen molar-refractivity contribution in [1.29, 1.82) is 0 Å². The molecule has 28 heavy (non-hydrogen) atoms. The molecule has 0 aliphatic rings. The van der Waals surface area contributed by atoms with E-state index in [1.54, 1.807) is 66.9 Å². The Morgan fingerprint density at radius 2 is 0.857 bits per heavy atom. The first kappa shape index (κ1) is 21.2. The fourth-order valence-electron chi connectivity index (χ4n) is 2.60. The number of hydrogen-bond donors (Lipinski definition) is 2. The van der Waals surface area contributed by atoms with Gasteiger partial charge in [-0.1, -0.05) is 0 Å². The fraction of sp³-hybridized carbons (Fsp3) is 0.316. The molecule has 9 heteroatoms. The molecule has 8 nitrogen and oxygen atoms in total. The molecule has 0 aliphatic heterocycles. The first-order valence-corrected chi connectivity index (χ1v) is 8.60. The maximum Gasteiger partial charge on any atom is 0.203 e. The third-order valence-electron chi connectivity index (χ3n) is 3.85. The first-order chi connectivity index (χ1) is 13.5. The maximum absolute atomic E-state index is 5.41. The van der Waals surface area contributed by atoms with Gasteiger partial charge in [-0.15, -0.1) is 0 Å². The van der Waals surface area contributed by atoms with Crippen LogP contribution in [0.2, 0.25) is 0 Å². The molecular formula is C19H24N2O6S. The highest BCUT2D eigenvalue weighted by atomic mass is 32.1. The number of benzene rings is 2. The van der Waals surface area contributed by atoms with Crippen molar-refractivity contribution < 1.29 is 28.4 Å². The molecule has 0 aromatic heterocycles. The molecule has 152 valence electrons. The average molecular weight is 408 g/mol. The second-order valence-electron chi connectivity index (χ2n) is 5.41.